The van der Waals surface area contributed by atoms with Crippen molar-refractivity contribution in [3.8, 4) is 5.88 Å². The van der Waals surface area contributed by atoms with Crippen LogP contribution in [0.15, 0.2) is 30.5 Å². The number of pyridine rings is 1. The van der Waals surface area contributed by atoms with Crippen LogP contribution in [0.5, 0.6) is 5.88 Å². The number of nitrogens with one attached hydrogen (secondary N) is 1. The van der Waals surface area contributed by atoms with E-state index in [0.717, 1.165) is 30.4 Å². The first-order valence-electron chi connectivity index (χ1n) is 5.51. The predicted octanol–water partition coefficient (Wildman–Crippen LogP) is 1.48. The van der Waals surface area contributed by atoms with Crippen molar-refractivity contribution in [1.82, 2.24) is 14.8 Å². The maximum Gasteiger partial charge on any atom is 0.213 e. The summed E-state index contributed by atoms with van der Waals surface area (Å²) in [6, 6.07) is 7.80. The van der Waals surface area contributed by atoms with Gasteiger partial charge in [0.1, 0.15) is 0 Å². The minimum absolute atomic E-state index is 0.741. The molecule has 5 heteroatoms. The molecule has 0 amide bonds. The third kappa shape index (κ3) is 2.96. The van der Waals surface area contributed by atoms with Gasteiger partial charge in [-0.1, -0.05) is 6.07 Å². The number of hydrogen-bond acceptors (Lipinski definition) is 4. The van der Waals surface area contributed by atoms with Crippen molar-refractivity contribution in [2.75, 3.05) is 19.0 Å². The molecule has 2 aromatic rings. The number of aromatic nitrogens is 3. The summed E-state index contributed by atoms with van der Waals surface area (Å²) in [5.74, 6) is 1.56. The largest absolute Gasteiger partial charge is 0.481 e. The van der Waals surface area contributed by atoms with Gasteiger partial charge in [-0.3, -0.25) is 4.98 Å². The molecule has 0 aromatic carbocycles. The fourth-order valence-electron chi connectivity index (χ4n) is 1.59. The molecule has 2 aromatic heterocycles. The lowest BCUT2D eigenvalue weighted by Crippen LogP contribution is -2.06. The minimum Gasteiger partial charge on any atom is -0.481 e. The van der Waals surface area contributed by atoms with E-state index in [0.29, 0.717) is 0 Å². The van der Waals surface area contributed by atoms with Gasteiger partial charge < -0.3 is 10.1 Å². The van der Waals surface area contributed by atoms with E-state index >= 15 is 0 Å². The van der Waals surface area contributed by atoms with Gasteiger partial charge in [-0.05, 0) is 12.1 Å². The Morgan fingerprint density at radius 2 is 2.29 bits per heavy atom. The highest BCUT2D eigenvalue weighted by atomic mass is 16.5. The molecule has 0 atom stereocenters. The molecule has 0 aliphatic heterocycles. The molecule has 1 N–H and O–H groups in total. The van der Waals surface area contributed by atoms with Crippen LogP contribution in [0, 0.1) is 0 Å². The molecule has 0 fully saturated rings. The van der Waals surface area contributed by atoms with E-state index in [9.17, 15) is 0 Å². The van der Waals surface area contributed by atoms with Crippen molar-refractivity contribution in [2.24, 2.45) is 7.05 Å². The van der Waals surface area contributed by atoms with Crippen molar-refractivity contribution < 1.29 is 4.74 Å². The summed E-state index contributed by atoms with van der Waals surface area (Å²) < 4.78 is 6.84. The molecule has 17 heavy (non-hydrogen) atoms. The van der Waals surface area contributed by atoms with Gasteiger partial charge in [0.15, 0.2) is 5.82 Å². The van der Waals surface area contributed by atoms with E-state index in [2.05, 4.69) is 15.4 Å². The molecule has 0 bridgehead atoms. The number of methoxy groups -OCH3 is 1. The Morgan fingerprint density at radius 3 is 2.94 bits per heavy atom. The van der Waals surface area contributed by atoms with Crippen LogP contribution in [0.2, 0.25) is 0 Å². The SMILES string of the molecule is COc1cc(NCCc2ccccn2)nn1C. The van der Waals surface area contributed by atoms with Crippen LogP contribution < -0.4 is 10.1 Å². The average molecular weight is 232 g/mol. The molecule has 0 aliphatic rings. The lowest BCUT2D eigenvalue weighted by atomic mass is 10.3. The van der Waals surface area contributed by atoms with Gasteiger partial charge >= 0.3 is 0 Å². The van der Waals surface area contributed by atoms with Gasteiger partial charge in [-0.25, -0.2) is 4.68 Å². The smallest absolute Gasteiger partial charge is 0.213 e. The van der Waals surface area contributed by atoms with E-state index in [1.165, 1.54) is 0 Å². The van der Waals surface area contributed by atoms with Crippen molar-refractivity contribution in [3.05, 3.63) is 36.2 Å². The Kier molecular flexibility index (Phi) is 3.59. The van der Waals surface area contributed by atoms with Crippen LogP contribution in [0.3, 0.4) is 0 Å². The highest BCUT2D eigenvalue weighted by Crippen LogP contribution is 2.14. The average Bonchev–Trinajstić information content (AvgIpc) is 2.71. The topological polar surface area (TPSA) is 52.0 Å². The third-order valence-corrected chi connectivity index (χ3v) is 2.46. The van der Waals surface area contributed by atoms with Crippen molar-refractivity contribution in [2.45, 2.75) is 6.42 Å². The fraction of sp³-hybridized carbons (Fsp3) is 0.333. The second-order valence-electron chi connectivity index (χ2n) is 3.69. The number of anilines is 1. The van der Waals surface area contributed by atoms with E-state index < -0.39 is 0 Å². The standard InChI is InChI=1S/C12H16N4O/c1-16-12(17-2)9-11(15-16)14-8-6-10-5-3-4-7-13-10/h3-5,7,9H,6,8H2,1-2H3,(H,14,15). The molecule has 0 unspecified atom stereocenters. The van der Waals surface area contributed by atoms with Crippen LogP contribution in [-0.4, -0.2) is 28.4 Å². The summed E-state index contributed by atoms with van der Waals surface area (Å²) in [7, 11) is 3.48. The fourth-order valence-corrected chi connectivity index (χ4v) is 1.59. The van der Waals surface area contributed by atoms with Gasteiger partial charge in [0, 0.05) is 38.0 Å². The molecule has 5 nitrogen and oxygen atoms in total. The van der Waals surface area contributed by atoms with Crippen LogP contribution in [0.1, 0.15) is 5.69 Å². The first kappa shape index (κ1) is 11.4. The van der Waals surface area contributed by atoms with E-state index in [4.69, 9.17) is 4.74 Å². The van der Waals surface area contributed by atoms with Crippen LogP contribution in [0.4, 0.5) is 5.82 Å². The van der Waals surface area contributed by atoms with Gasteiger partial charge in [0.05, 0.1) is 7.11 Å². The zero-order valence-corrected chi connectivity index (χ0v) is 10.1. The summed E-state index contributed by atoms with van der Waals surface area (Å²) in [6.07, 6.45) is 2.68. The molecule has 90 valence electrons. The second kappa shape index (κ2) is 5.34. The Balaban J connectivity index is 1.86. The highest BCUT2D eigenvalue weighted by molar-refractivity contribution is 5.38. The van der Waals surface area contributed by atoms with Gasteiger partial charge in [-0.15, -0.1) is 0 Å². The number of aryl methyl sites for hydroxylation is 1. The summed E-state index contributed by atoms with van der Waals surface area (Å²) in [4.78, 5) is 4.26. The Labute approximate surface area is 100 Å². The summed E-state index contributed by atoms with van der Waals surface area (Å²) >= 11 is 0. The molecule has 0 spiro atoms. The van der Waals surface area contributed by atoms with E-state index in [-0.39, 0.29) is 0 Å². The number of nitrogens with zero attached hydrogens (tertiary/aromatic N) is 3. The van der Waals surface area contributed by atoms with Crippen molar-refractivity contribution >= 4 is 5.82 Å². The maximum absolute atomic E-state index is 5.14. The van der Waals surface area contributed by atoms with Gasteiger partial charge in [0.2, 0.25) is 5.88 Å². The lowest BCUT2D eigenvalue weighted by Gasteiger charge is -2.01. The molecular weight excluding hydrogens is 216 g/mol. The van der Waals surface area contributed by atoms with E-state index in [1.54, 1.807) is 18.0 Å². The summed E-state index contributed by atoms with van der Waals surface area (Å²) in [6.45, 7) is 0.803. The highest BCUT2D eigenvalue weighted by Gasteiger charge is 2.03. The second-order valence-corrected chi connectivity index (χ2v) is 3.69. The molecule has 0 radical (unpaired) electrons. The zero-order valence-electron chi connectivity index (χ0n) is 10.1. The van der Waals surface area contributed by atoms with Gasteiger partial charge in [-0.2, -0.15) is 5.10 Å². The molecule has 0 saturated heterocycles. The molecule has 0 aliphatic carbocycles. The van der Waals surface area contributed by atoms with Crippen molar-refractivity contribution in [1.29, 1.82) is 0 Å². The number of ether oxygens (including phenoxy) is 1. The molecular formula is C12H16N4O. The quantitative estimate of drug-likeness (QED) is 0.848. The first-order chi connectivity index (χ1) is 8.29. The number of hydrogen-bond donors (Lipinski definition) is 1. The van der Waals surface area contributed by atoms with Crippen LogP contribution in [-0.2, 0) is 13.5 Å². The zero-order chi connectivity index (χ0) is 12.1. The van der Waals surface area contributed by atoms with Gasteiger partial charge in [0.25, 0.3) is 0 Å². The van der Waals surface area contributed by atoms with Crippen LogP contribution in [0.25, 0.3) is 0 Å². The monoisotopic (exact) mass is 232 g/mol. The lowest BCUT2D eigenvalue weighted by molar-refractivity contribution is 0.373. The first-order valence-corrected chi connectivity index (χ1v) is 5.51. The Hall–Kier alpha value is -2.04. The normalized spacial score (nSPS) is 10.2. The molecule has 2 rings (SSSR count). The molecule has 2 heterocycles. The Morgan fingerprint density at radius 1 is 1.41 bits per heavy atom. The third-order valence-electron chi connectivity index (χ3n) is 2.46. The summed E-state index contributed by atoms with van der Waals surface area (Å²) in [5.41, 5.74) is 1.07. The number of rotatable bonds is 5. The minimum atomic E-state index is 0.741. The summed E-state index contributed by atoms with van der Waals surface area (Å²) in [5, 5.41) is 7.51. The maximum atomic E-state index is 5.14. The Bertz CT molecular complexity index is 467. The predicted molar refractivity (Wildman–Crippen MR) is 66.2 cm³/mol. The van der Waals surface area contributed by atoms with Crippen LogP contribution >= 0.6 is 0 Å². The van der Waals surface area contributed by atoms with E-state index in [1.807, 2.05) is 31.3 Å². The molecule has 0 saturated carbocycles. The van der Waals surface area contributed by atoms with Crippen molar-refractivity contribution in [3.63, 3.8) is 0 Å².